The lowest BCUT2D eigenvalue weighted by molar-refractivity contribution is 0.167. The van der Waals surface area contributed by atoms with Crippen LogP contribution in [-0.4, -0.2) is 32.9 Å². The second-order valence-corrected chi connectivity index (χ2v) is 5.25. The highest BCUT2D eigenvalue weighted by Crippen LogP contribution is 2.42. The molecule has 3 rings (SSSR count). The summed E-state index contributed by atoms with van der Waals surface area (Å²) in [5.41, 5.74) is 0.779. The number of fused-ring (bicyclic) bond motifs is 1. The molecule has 1 N–H and O–H groups in total. The number of methoxy groups -OCH3 is 1. The van der Waals surface area contributed by atoms with Crippen molar-refractivity contribution in [2.75, 3.05) is 26.9 Å². The summed E-state index contributed by atoms with van der Waals surface area (Å²) in [4.78, 5) is 0. The van der Waals surface area contributed by atoms with E-state index in [2.05, 4.69) is 5.32 Å². The zero-order valence-corrected chi connectivity index (χ0v) is 11.7. The van der Waals surface area contributed by atoms with Crippen molar-refractivity contribution in [3.05, 3.63) is 17.4 Å². The summed E-state index contributed by atoms with van der Waals surface area (Å²) in [6.45, 7) is 1.97. The number of rotatable bonds is 3. The fourth-order valence-corrected chi connectivity index (χ4v) is 2.95. The molecule has 1 aromatic carbocycles. The molecule has 0 spiro atoms. The molecule has 0 saturated carbocycles. The number of hydrogen-bond acceptors (Lipinski definition) is 4. The van der Waals surface area contributed by atoms with Gasteiger partial charge in [0, 0.05) is 17.7 Å². The van der Waals surface area contributed by atoms with Gasteiger partial charge < -0.3 is 19.5 Å². The Bertz CT molecular complexity index is 486. The number of hydrogen-bond donors (Lipinski definition) is 1. The van der Waals surface area contributed by atoms with E-state index in [0.29, 0.717) is 37.2 Å². The number of halogens is 1. The van der Waals surface area contributed by atoms with Crippen molar-refractivity contribution in [1.29, 1.82) is 0 Å². The third-order valence-electron chi connectivity index (χ3n) is 3.90. The highest BCUT2D eigenvalue weighted by Gasteiger charge is 2.26. The highest BCUT2D eigenvalue weighted by molar-refractivity contribution is 5.55. The Hall–Kier alpha value is -1.49. The predicted molar refractivity (Wildman–Crippen MR) is 73.3 cm³/mol. The molecule has 0 aliphatic carbocycles. The quantitative estimate of drug-likeness (QED) is 0.923. The SMILES string of the molecule is COc1c(F)cc2c(c1CC1CCCCN1)OCCO2. The van der Waals surface area contributed by atoms with Gasteiger partial charge in [0.15, 0.2) is 23.1 Å². The van der Waals surface area contributed by atoms with E-state index in [1.165, 1.54) is 26.0 Å². The van der Waals surface area contributed by atoms with E-state index in [9.17, 15) is 4.39 Å². The van der Waals surface area contributed by atoms with E-state index in [0.717, 1.165) is 18.5 Å². The molecule has 4 nitrogen and oxygen atoms in total. The van der Waals surface area contributed by atoms with Gasteiger partial charge >= 0.3 is 0 Å². The lowest BCUT2D eigenvalue weighted by Gasteiger charge is -2.27. The zero-order valence-electron chi connectivity index (χ0n) is 11.7. The van der Waals surface area contributed by atoms with Gasteiger partial charge in [-0.05, 0) is 25.8 Å². The molecule has 110 valence electrons. The first-order chi connectivity index (χ1) is 9.79. The third kappa shape index (κ3) is 2.54. The van der Waals surface area contributed by atoms with Crippen LogP contribution in [-0.2, 0) is 6.42 Å². The minimum absolute atomic E-state index is 0.279. The first kappa shape index (κ1) is 13.5. The van der Waals surface area contributed by atoms with Crippen molar-refractivity contribution in [2.45, 2.75) is 31.7 Å². The van der Waals surface area contributed by atoms with Gasteiger partial charge in [-0.1, -0.05) is 6.42 Å². The average molecular weight is 281 g/mol. The molecule has 1 aromatic rings. The van der Waals surface area contributed by atoms with Crippen molar-refractivity contribution < 1.29 is 18.6 Å². The number of ether oxygens (including phenoxy) is 3. The normalized spacial score (nSPS) is 21.6. The Morgan fingerprint density at radius 2 is 2.20 bits per heavy atom. The number of nitrogens with one attached hydrogen (secondary N) is 1. The van der Waals surface area contributed by atoms with Crippen molar-refractivity contribution in [2.24, 2.45) is 0 Å². The Balaban J connectivity index is 1.95. The second kappa shape index (κ2) is 5.87. The Morgan fingerprint density at radius 3 is 2.95 bits per heavy atom. The Kier molecular flexibility index (Phi) is 3.96. The van der Waals surface area contributed by atoms with E-state index < -0.39 is 0 Å². The van der Waals surface area contributed by atoms with Gasteiger partial charge in [-0.25, -0.2) is 4.39 Å². The van der Waals surface area contributed by atoms with Gasteiger partial charge in [0.05, 0.1) is 7.11 Å². The third-order valence-corrected chi connectivity index (χ3v) is 3.90. The minimum atomic E-state index is -0.387. The summed E-state index contributed by atoms with van der Waals surface area (Å²) < 4.78 is 30.5. The molecular formula is C15H20FNO3. The summed E-state index contributed by atoms with van der Waals surface area (Å²) in [5.74, 6) is 1.02. The van der Waals surface area contributed by atoms with E-state index in [1.807, 2.05) is 0 Å². The molecule has 0 radical (unpaired) electrons. The molecule has 1 fully saturated rings. The minimum Gasteiger partial charge on any atom is -0.493 e. The van der Waals surface area contributed by atoms with E-state index in [1.54, 1.807) is 0 Å². The molecule has 2 aliphatic rings. The summed E-state index contributed by atoms with van der Waals surface area (Å²) >= 11 is 0. The van der Waals surface area contributed by atoms with E-state index in [4.69, 9.17) is 14.2 Å². The van der Waals surface area contributed by atoms with Crippen molar-refractivity contribution >= 4 is 0 Å². The van der Waals surface area contributed by atoms with Crippen LogP contribution in [0.2, 0.25) is 0 Å². The fraction of sp³-hybridized carbons (Fsp3) is 0.600. The molecule has 1 unspecified atom stereocenters. The standard InChI is InChI=1S/C15H20FNO3/c1-18-14-11(8-10-4-2-3-5-17-10)15-13(9-12(14)16)19-6-7-20-15/h9-10,17H,2-8H2,1H3. The average Bonchev–Trinajstić information content (AvgIpc) is 2.48. The van der Waals surface area contributed by atoms with Crippen LogP contribution in [0.15, 0.2) is 6.07 Å². The molecule has 2 aliphatic heterocycles. The first-order valence-corrected chi connectivity index (χ1v) is 7.18. The number of benzene rings is 1. The lowest BCUT2D eigenvalue weighted by atomic mass is 9.96. The molecule has 1 atom stereocenters. The molecular weight excluding hydrogens is 261 g/mol. The fourth-order valence-electron chi connectivity index (χ4n) is 2.95. The van der Waals surface area contributed by atoms with E-state index >= 15 is 0 Å². The van der Waals surface area contributed by atoms with Crippen LogP contribution in [0.25, 0.3) is 0 Å². The van der Waals surface area contributed by atoms with Crippen molar-refractivity contribution in [3.63, 3.8) is 0 Å². The summed E-state index contributed by atoms with van der Waals surface area (Å²) in [6.07, 6.45) is 4.20. The van der Waals surface area contributed by atoms with Crippen LogP contribution in [0, 0.1) is 5.82 Å². The van der Waals surface area contributed by atoms with Crippen LogP contribution in [0.5, 0.6) is 17.2 Å². The highest BCUT2D eigenvalue weighted by atomic mass is 19.1. The van der Waals surface area contributed by atoms with Crippen molar-refractivity contribution in [1.82, 2.24) is 5.32 Å². The van der Waals surface area contributed by atoms with Crippen LogP contribution in [0.3, 0.4) is 0 Å². The second-order valence-electron chi connectivity index (χ2n) is 5.25. The Morgan fingerprint density at radius 1 is 1.35 bits per heavy atom. The van der Waals surface area contributed by atoms with Gasteiger partial charge in [-0.15, -0.1) is 0 Å². The van der Waals surface area contributed by atoms with E-state index in [-0.39, 0.29) is 11.6 Å². The summed E-state index contributed by atoms with van der Waals surface area (Å²) in [7, 11) is 1.49. The first-order valence-electron chi connectivity index (χ1n) is 7.18. The molecule has 0 aromatic heterocycles. The lowest BCUT2D eigenvalue weighted by Crippen LogP contribution is -2.36. The molecule has 1 saturated heterocycles. The summed E-state index contributed by atoms with van der Waals surface area (Å²) in [6, 6.07) is 1.69. The molecule has 0 amide bonds. The van der Waals surface area contributed by atoms with Gasteiger partial charge in [-0.3, -0.25) is 0 Å². The maximum atomic E-state index is 14.1. The van der Waals surface area contributed by atoms with Crippen LogP contribution < -0.4 is 19.5 Å². The van der Waals surface area contributed by atoms with Gasteiger partial charge in [-0.2, -0.15) is 0 Å². The van der Waals surface area contributed by atoms with Gasteiger partial charge in [0.25, 0.3) is 0 Å². The molecule has 0 bridgehead atoms. The van der Waals surface area contributed by atoms with Crippen LogP contribution in [0.1, 0.15) is 24.8 Å². The predicted octanol–water partition coefficient (Wildman–Crippen LogP) is 2.29. The summed E-state index contributed by atoms with van der Waals surface area (Å²) in [5, 5.41) is 3.47. The van der Waals surface area contributed by atoms with Gasteiger partial charge in [0.1, 0.15) is 13.2 Å². The van der Waals surface area contributed by atoms with Gasteiger partial charge in [0.2, 0.25) is 0 Å². The van der Waals surface area contributed by atoms with Crippen LogP contribution in [0.4, 0.5) is 4.39 Å². The topological polar surface area (TPSA) is 39.7 Å². The molecule has 5 heteroatoms. The molecule has 2 heterocycles. The largest absolute Gasteiger partial charge is 0.493 e. The van der Waals surface area contributed by atoms with Crippen molar-refractivity contribution in [3.8, 4) is 17.2 Å². The number of piperidine rings is 1. The monoisotopic (exact) mass is 281 g/mol. The Labute approximate surface area is 118 Å². The van der Waals surface area contributed by atoms with Crippen LogP contribution >= 0.6 is 0 Å². The maximum absolute atomic E-state index is 14.1. The smallest absolute Gasteiger partial charge is 0.169 e. The molecule has 20 heavy (non-hydrogen) atoms. The maximum Gasteiger partial charge on any atom is 0.169 e. The zero-order chi connectivity index (χ0) is 13.9.